The van der Waals surface area contributed by atoms with Crippen molar-refractivity contribution in [1.29, 1.82) is 0 Å². The van der Waals surface area contributed by atoms with Gasteiger partial charge in [0.15, 0.2) is 11.5 Å². The van der Waals surface area contributed by atoms with E-state index in [4.69, 9.17) is 19.7 Å². The number of ether oxygens (including phenoxy) is 2. The van der Waals surface area contributed by atoms with E-state index in [1.807, 2.05) is 0 Å². The Balaban J connectivity index is 2.20. The van der Waals surface area contributed by atoms with Crippen LogP contribution in [0.25, 0.3) is 6.08 Å². The third-order valence-electron chi connectivity index (χ3n) is 3.49. The summed E-state index contributed by atoms with van der Waals surface area (Å²) < 4.78 is 10.5. The Labute approximate surface area is 136 Å². The van der Waals surface area contributed by atoms with Gasteiger partial charge in [-0.15, -0.1) is 0 Å². The van der Waals surface area contributed by atoms with Gasteiger partial charge in [0.05, 0.1) is 6.61 Å². The lowest BCUT2D eigenvalue weighted by atomic mass is 9.99. The van der Waals surface area contributed by atoms with Crippen LogP contribution in [0.4, 0.5) is 0 Å². The molecule has 1 saturated heterocycles. The van der Waals surface area contributed by atoms with Crippen LogP contribution < -0.4 is 4.74 Å². The minimum atomic E-state index is -1.62. The number of aromatic hydroxyl groups is 1. The van der Waals surface area contributed by atoms with Crippen LogP contribution in [0.1, 0.15) is 5.56 Å². The Bertz CT molecular complexity index is 613. The summed E-state index contributed by atoms with van der Waals surface area (Å²) >= 11 is 0. The van der Waals surface area contributed by atoms with E-state index in [2.05, 4.69) is 0 Å². The van der Waals surface area contributed by atoms with E-state index in [0.29, 0.717) is 5.56 Å². The van der Waals surface area contributed by atoms with Gasteiger partial charge >= 0.3 is 5.97 Å². The first-order valence-corrected chi connectivity index (χ1v) is 7.04. The zero-order valence-corrected chi connectivity index (χ0v) is 12.4. The van der Waals surface area contributed by atoms with Crippen molar-refractivity contribution < 1.29 is 44.9 Å². The second-order valence-corrected chi connectivity index (χ2v) is 5.21. The fraction of sp³-hybridized carbons (Fsp3) is 0.400. The molecule has 1 aliphatic rings. The lowest BCUT2D eigenvalue weighted by Crippen LogP contribution is -2.60. The molecular weight excluding hydrogens is 324 g/mol. The third-order valence-corrected chi connectivity index (χ3v) is 3.49. The molecule has 0 aliphatic carbocycles. The van der Waals surface area contributed by atoms with Crippen molar-refractivity contribution in [3.05, 3.63) is 29.8 Å². The first-order valence-electron chi connectivity index (χ1n) is 7.04. The molecule has 0 saturated carbocycles. The Morgan fingerprint density at radius 1 is 1.21 bits per heavy atom. The van der Waals surface area contributed by atoms with Crippen molar-refractivity contribution in [2.75, 3.05) is 6.61 Å². The predicted molar refractivity (Wildman–Crippen MR) is 79.2 cm³/mol. The highest BCUT2D eigenvalue weighted by atomic mass is 16.7. The fourth-order valence-corrected chi connectivity index (χ4v) is 2.19. The van der Waals surface area contributed by atoms with Gasteiger partial charge in [0.1, 0.15) is 24.4 Å². The summed E-state index contributed by atoms with van der Waals surface area (Å²) in [4.78, 5) is 10.5. The Hall–Kier alpha value is -2.17. The van der Waals surface area contributed by atoms with E-state index >= 15 is 0 Å². The second kappa shape index (κ2) is 7.60. The summed E-state index contributed by atoms with van der Waals surface area (Å²) in [6, 6.07) is 3.99. The van der Waals surface area contributed by atoms with E-state index in [-0.39, 0.29) is 11.5 Å². The number of carboxylic acid groups (broad SMARTS) is 1. The molecule has 5 atom stereocenters. The smallest absolute Gasteiger partial charge is 0.328 e. The molecule has 2 rings (SSSR count). The molecule has 6 N–H and O–H groups in total. The van der Waals surface area contributed by atoms with Crippen molar-refractivity contribution in [3.63, 3.8) is 0 Å². The van der Waals surface area contributed by atoms with Crippen molar-refractivity contribution in [1.82, 2.24) is 0 Å². The summed E-state index contributed by atoms with van der Waals surface area (Å²) in [5.41, 5.74) is 0.398. The summed E-state index contributed by atoms with van der Waals surface area (Å²) in [6.45, 7) is -0.613. The van der Waals surface area contributed by atoms with Crippen LogP contribution in [0, 0.1) is 0 Å². The molecule has 0 amide bonds. The average Bonchev–Trinajstić information content (AvgIpc) is 2.55. The summed E-state index contributed by atoms with van der Waals surface area (Å²) in [5.74, 6) is -1.59. The number of carboxylic acids is 1. The molecule has 1 aromatic rings. The molecule has 1 fully saturated rings. The standard InChI is InChI=1S/C15H18O9/c16-6-10-12(20)13(21)14(22)15(24-10)23-9-5-7(1-3-8(9)17)2-4-11(18)19/h1-5,10,12-17,20-22H,6H2,(H,18,19)/b4-2+/t10-,12-,13+,14-,15-/m1/s1. The van der Waals surface area contributed by atoms with Crippen molar-refractivity contribution in [2.45, 2.75) is 30.7 Å². The largest absolute Gasteiger partial charge is 0.504 e. The molecule has 0 bridgehead atoms. The molecule has 9 nitrogen and oxygen atoms in total. The zero-order chi connectivity index (χ0) is 17.9. The molecule has 24 heavy (non-hydrogen) atoms. The van der Waals surface area contributed by atoms with E-state index in [9.17, 15) is 25.2 Å². The molecule has 132 valence electrons. The van der Waals surface area contributed by atoms with Gasteiger partial charge in [-0.1, -0.05) is 6.07 Å². The van der Waals surface area contributed by atoms with Crippen molar-refractivity contribution >= 4 is 12.0 Å². The first-order chi connectivity index (χ1) is 11.3. The van der Waals surface area contributed by atoms with Gasteiger partial charge < -0.3 is 40.1 Å². The second-order valence-electron chi connectivity index (χ2n) is 5.21. The number of aliphatic hydroxyl groups is 4. The van der Waals surface area contributed by atoms with E-state index in [1.54, 1.807) is 0 Å². The van der Waals surface area contributed by atoms with Gasteiger partial charge in [0.2, 0.25) is 6.29 Å². The molecule has 1 aromatic carbocycles. The Morgan fingerprint density at radius 2 is 1.92 bits per heavy atom. The van der Waals surface area contributed by atoms with Gasteiger partial charge in [-0.05, 0) is 23.8 Å². The molecule has 1 heterocycles. The predicted octanol–water partition coefficient (Wildman–Crippen LogP) is -1.33. The number of phenolic OH excluding ortho intramolecular Hbond substituents is 1. The number of rotatable bonds is 5. The van der Waals surface area contributed by atoms with Crippen LogP contribution >= 0.6 is 0 Å². The summed E-state index contributed by atoms with van der Waals surface area (Å²) in [7, 11) is 0. The molecule has 1 aliphatic heterocycles. The number of hydrogen-bond donors (Lipinski definition) is 6. The molecule has 9 heteroatoms. The SMILES string of the molecule is O=C(O)/C=C/c1ccc(O)c(O[C@@H]2O[C@H](CO)[C@@H](O)[C@H](O)[C@H]2O)c1. The lowest BCUT2D eigenvalue weighted by Gasteiger charge is -2.39. The first kappa shape index (κ1) is 18.2. The summed E-state index contributed by atoms with van der Waals surface area (Å²) in [5, 5.41) is 56.8. The van der Waals surface area contributed by atoms with Gasteiger partial charge in [-0.2, -0.15) is 0 Å². The van der Waals surface area contributed by atoms with Gasteiger partial charge in [0.25, 0.3) is 0 Å². The van der Waals surface area contributed by atoms with Gasteiger partial charge in [-0.3, -0.25) is 0 Å². The van der Waals surface area contributed by atoms with E-state index in [1.165, 1.54) is 24.3 Å². The van der Waals surface area contributed by atoms with Crippen LogP contribution in [0.5, 0.6) is 11.5 Å². The third kappa shape index (κ3) is 4.02. The van der Waals surface area contributed by atoms with Crippen LogP contribution in [0.2, 0.25) is 0 Å². The summed E-state index contributed by atoms with van der Waals surface area (Å²) in [6.07, 6.45) is -5.20. The number of aliphatic hydroxyl groups excluding tert-OH is 4. The fourth-order valence-electron chi connectivity index (χ4n) is 2.19. The molecule has 0 unspecified atom stereocenters. The number of hydrogen-bond acceptors (Lipinski definition) is 8. The number of carbonyl (C=O) groups is 1. The maximum absolute atomic E-state index is 10.5. The van der Waals surface area contributed by atoms with E-state index in [0.717, 1.165) is 6.08 Å². The normalized spacial score (nSPS) is 30.4. The van der Waals surface area contributed by atoms with Crippen LogP contribution in [0.15, 0.2) is 24.3 Å². The molecular formula is C15H18O9. The topological polar surface area (TPSA) is 157 Å². The monoisotopic (exact) mass is 342 g/mol. The number of benzene rings is 1. The minimum absolute atomic E-state index is 0.133. The Morgan fingerprint density at radius 3 is 2.54 bits per heavy atom. The van der Waals surface area contributed by atoms with Crippen LogP contribution in [0.3, 0.4) is 0 Å². The minimum Gasteiger partial charge on any atom is -0.504 e. The zero-order valence-electron chi connectivity index (χ0n) is 12.4. The highest BCUT2D eigenvalue weighted by Crippen LogP contribution is 2.31. The number of phenols is 1. The maximum atomic E-state index is 10.5. The van der Waals surface area contributed by atoms with Crippen LogP contribution in [-0.4, -0.2) is 73.9 Å². The van der Waals surface area contributed by atoms with Crippen LogP contribution in [-0.2, 0) is 9.53 Å². The lowest BCUT2D eigenvalue weighted by molar-refractivity contribution is -0.277. The van der Waals surface area contributed by atoms with Crippen molar-refractivity contribution in [3.8, 4) is 11.5 Å². The van der Waals surface area contributed by atoms with Crippen molar-refractivity contribution in [2.24, 2.45) is 0 Å². The highest BCUT2D eigenvalue weighted by molar-refractivity contribution is 5.85. The molecule has 0 spiro atoms. The molecule has 0 radical (unpaired) electrons. The van der Waals surface area contributed by atoms with Gasteiger partial charge in [0, 0.05) is 6.08 Å². The maximum Gasteiger partial charge on any atom is 0.328 e. The quantitative estimate of drug-likeness (QED) is 0.357. The van der Waals surface area contributed by atoms with Gasteiger partial charge in [-0.25, -0.2) is 4.79 Å². The highest BCUT2D eigenvalue weighted by Gasteiger charge is 2.44. The Kier molecular flexibility index (Phi) is 5.75. The molecule has 0 aromatic heterocycles. The average molecular weight is 342 g/mol. The number of aliphatic carboxylic acids is 1. The van der Waals surface area contributed by atoms with E-state index < -0.39 is 43.3 Å².